The second kappa shape index (κ2) is 7.12. The number of aromatic nitrogens is 6. The Bertz CT molecular complexity index is 1090. The number of carbonyl (C=O) groups is 1. The second-order valence-electron chi connectivity index (χ2n) is 5.70. The molecule has 0 fully saturated rings. The van der Waals surface area contributed by atoms with E-state index in [1.807, 2.05) is 43.3 Å². The first-order valence-electron chi connectivity index (χ1n) is 8.05. The van der Waals surface area contributed by atoms with Gasteiger partial charge in [0.05, 0.1) is 28.8 Å². The summed E-state index contributed by atoms with van der Waals surface area (Å²) in [6, 6.07) is 11.1. The molecule has 27 heavy (non-hydrogen) atoms. The average Bonchev–Trinajstić information content (AvgIpc) is 3.32. The lowest BCUT2D eigenvalue weighted by molar-refractivity contribution is 0.102. The third-order valence-corrected chi connectivity index (χ3v) is 4.49. The zero-order valence-corrected chi connectivity index (χ0v) is 15.8. The van der Waals surface area contributed by atoms with Crippen LogP contribution < -0.4 is 5.32 Å². The summed E-state index contributed by atoms with van der Waals surface area (Å²) in [6.45, 7) is 1.83. The van der Waals surface area contributed by atoms with Gasteiger partial charge in [-0.3, -0.25) is 4.79 Å². The number of nitrogens with zero attached hydrogens (tertiary/aromatic N) is 6. The van der Waals surface area contributed by atoms with Crippen LogP contribution >= 0.6 is 15.9 Å². The molecule has 0 saturated carbocycles. The predicted molar refractivity (Wildman–Crippen MR) is 103 cm³/mol. The standard InChI is InChI=1S/C18H14BrN7O/c1-12-14(9-22-26(12)17-4-2-3-7-21-17)18(27)24-15-8-13(19)5-6-16(15)25-11-20-10-23-25/h2-11H,1H3,(H,24,27). The van der Waals surface area contributed by atoms with Gasteiger partial charge in [-0.25, -0.2) is 19.3 Å². The number of nitrogens with one attached hydrogen (secondary N) is 1. The fourth-order valence-corrected chi connectivity index (χ4v) is 3.03. The molecule has 3 heterocycles. The lowest BCUT2D eigenvalue weighted by Gasteiger charge is -2.11. The fraction of sp³-hybridized carbons (Fsp3) is 0.0556. The van der Waals surface area contributed by atoms with Gasteiger partial charge in [-0.2, -0.15) is 10.2 Å². The summed E-state index contributed by atoms with van der Waals surface area (Å²) >= 11 is 3.43. The zero-order valence-electron chi connectivity index (χ0n) is 14.2. The maximum absolute atomic E-state index is 12.9. The molecule has 4 aromatic rings. The van der Waals surface area contributed by atoms with Crippen molar-refractivity contribution >= 4 is 27.5 Å². The zero-order chi connectivity index (χ0) is 18.8. The van der Waals surface area contributed by atoms with Gasteiger partial charge in [-0.05, 0) is 37.3 Å². The molecule has 0 atom stereocenters. The highest BCUT2D eigenvalue weighted by Crippen LogP contribution is 2.25. The predicted octanol–water partition coefficient (Wildman–Crippen LogP) is 3.17. The van der Waals surface area contributed by atoms with Gasteiger partial charge in [0, 0.05) is 10.7 Å². The molecule has 0 spiro atoms. The molecule has 0 unspecified atom stereocenters. The van der Waals surface area contributed by atoms with Gasteiger partial charge in [0.15, 0.2) is 5.82 Å². The van der Waals surface area contributed by atoms with E-state index in [1.54, 1.807) is 21.9 Å². The molecule has 9 heteroatoms. The molecule has 4 rings (SSSR count). The van der Waals surface area contributed by atoms with Gasteiger partial charge in [-0.1, -0.05) is 22.0 Å². The second-order valence-corrected chi connectivity index (χ2v) is 6.61. The lowest BCUT2D eigenvalue weighted by Crippen LogP contribution is -2.15. The minimum atomic E-state index is -0.269. The van der Waals surface area contributed by atoms with Crippen LogP contribution in [0, 0.1) is 6.92 Å². The monoisotopic (exact) mass is 423 g/mol. The Morgan fingerprint density at radius 1 is 1.19 bits per heavy atom. The van der Waals surface area contributed by atoms with Crippen molar-refractivity contribution in [1.29, 1.82) is 0 Å². The van der Waals surface area contributed by atoms with Gasteiger partial charge in [0.1, 0.15) is 12.7 Å². The normalized spacial score (nSPS) is 10.7. The Morgan fingerprint density at radius 3 is 2.81 bits per heavy atom. The van der Waals surface area contributed by atoms with Crippen molar-refractivity contribution in [3.63, 3.8) is 0 Å². The van der Waals surface area contributed by atoms with Crippen LogP contribution in [0.2, 0.25) is 0 Å². The summed E-state index contributed by atoms with van der Waals surface area (Å²) in [5.74, 6) is 0.383. The minimum Gasteiger partial charge on any atom is -0.320 e. The molecule has 0 saturated heterocycles. The van der Waals surface area contributed by atoms with E-state index < -0.39 is 0 Å². The highest BCUT2D eigenvalue weighted by Gasteiger charge is 2.17. The van der Waals surface area contributed by atoms with Crippen molar-refractivity contribution in [3.8, 4) is 11.5 Å². The summed E-state index contributed by atoms with van der Waals surface area (Å²) in [5.41, 5.74) is 2.47. The topological polar surface area (TPSA) is 90.5 Å². The van der Waals surface area contributed by atoms with Gasteiger partial charge < -0.3 is 5.32 Å². The largest absolute Gasteiger partial charge is 0.320 e. The van der Waals surface area contributed by atoms with Gasteiger partial charge in [-0.15, -0.1) is 0 Å². The number of rotatable bonds is 4. The molecule has 0 radical (unpaired) electrons. The molecule has 1 aromatic carbocycles. The number of anilines is 1. The molecule has 3 aromatic heterocycles. The van der Waals surface area contributed by atoms with Gasteiger partial charge in [0.25, 0.3) is 5.91 Å². The average molecular weight is 424 g/mol. The van der Waals surface area contributed by atoms with Crippen LogP contribution in [0.1, 0.15) is 16.1 Å². The highest BCUT2D eigenvalue weighted by molar-refractivity contribution is 9.10. The molecule has 0 aliphatic heterocycles. The van der Waals surface area contributed by atoms with Crippen LogP contribution in [0.5, 0.6) is 0 Å². The van der Waals surface area contributed by atoms with Crippen molar-refractivity contribution in [3.05, 3.63) is 77.2 Å². The molecule has 1 N–H and O–H groups in total. The minimum absolute atomic E-state index is 0.269. The van der Waals surface area contributed by atoms with Crippen LogP contribution in [0.15, 0.2) is 65.9 Å². The highest BCUT2D eigenvalue weighted by atomic mass is 79.9. The number of halogens is 1. The van der Waals surface area contributed by atoms with E-state index in [-0.39, 0.29) is 5.91 Å². The van der Waals surface area contributed by atoms with Crippen LogP contribution in [-0.4, -0.2) is 35.4 Å². The van der Waals surface area contributed by atoms with Crippen LogP contribution in [0.3, 0.4) is 0 Å². The van der Waals surface area contributed by atoms with Crippen molar-refractivity contribution in [2.45, 2.75) is 6.92 Å². The summed E-state index contributed by atoms with van der Waals surface area (Å²) in [6.07, 6.45) is 6.23. The number of pyridine rings is 1. The van der Waals surface area contributed by atoms with Gasteiger partial charge in [0.2, 0.25) is 0 Å². The molecule has 0 bridgehead atoms. The Morgan fingerprint density at radius 2 is 2.07 bits per heavy atom. The number of carbonyl (C=O) groups excluding carboxylic acids is 1. The Labute approximate surface area is 163 Å². The number of hydrogen-bond acceptors (Lipinski definition) is 5. The molecular formula is C18H14BrN7O. The van der Waals surface area contributed by atoms with E-state index in [9.17, 15) is 4.79 Å². The molecule has 0 aliphatic rings. The molecular weight excluding hydrogens is 410 g/mol. The van der Waals surface area contributed by atoms with Crippen molar-refractivity contribution in [2.75, 3.05) is 5.32 Å². The quantitative estimate of drug-likeness (QED) is 0.544. The number of benzene rings is 1. The van der Waals surface area contributed by atoms with Crippen LogP contribution in [-0.2, 0) is 0 Å². The summed E-state index contributed by atoms with van der Waals surface area (Å²) in [7, 11) is 0. The third kappa shape index (κ3) is 3.36. The summed E-state index contributed by atoms with van der Waals surface area (Å²) in [5, 5.41) is 11.4. The van der Waals surface area contributed by atoms with Crippen molar-refractivity contribution in [2.24, 2.45) is 0 Å². The van der Waals surface area contributed by atoms with E-state index in [0.29, 0.717) is 28.5 Å². The Balaban J connectivity index is 1.66. The van der Waals surface area contributed by atoms with Crippen molar-refractivity contribution in [1.82, 2.24) is 29.5 Å². The van der Waals surface area contributed by atoms with E-state index >= 15 is 0 Å². The molecule has 134 valence electrons. The first-order chi connectivity index (χ1) is 13.1. The van der Waals surface area contributed by atoms with E-state index in [2.05, 4.69) is 41.4 Å². The number of hydrogen-bond donors (Lipinski definition) is 1. The van der Waals surface area contributed by atoms with Crippen molar-refractivity contribution < 1.29 is 4.79 Å². The smallest absolute Gasteiger partial charge is 0.259 e. The van der Waals surface area contributed by atoms with Crippen LogP contribution in [0.4, 0.5) is 5.69 Å². The molecule has 1 amide bonds. The summed E-state index contributed by atoms with van der Waals surface area (Å²) in [4.78, 5) is 21.1. The van der Waals surface area contributed by atoms with Crippen LogP contribution in [0.25, 0.3) is 11.5 Å². The third-order valence-electron chi connectivity index (χ3n) is 3.99. The Kier molecular flexibility index (Phi) is 4.51. The number of amides is 1. The van der Waals surface area contributed by atoms with Gasteiger partial charge >= 0.3 is 0 Å². The summed E-state index contributed by atoms with van der Waals surface area (Å²) < 4.78 is 4.06. The van der Waals surface area contributed by atoms with E-state index in [4.69, 9.17) is 0 Å². The maximum Gasteiger partial charge on any atom is 0.259 e. The first-order valence-corrected chi connectivity index (χ1v) is 8.85. The Hall–Kier alpha value is -3.33. The van der Waals surface area contributed by atoms with E-state index in [0.717, 1.165) is 4.47 Å². The first kappa shape index (κ1) is 17.1. The maximum atomic E-state index is 12.9. The molecule has 8 nitrogen and oxygen atoms in total. The lowest BCUT2D eigenvalue weighted by atomic mass is 10.2. The fourth-order valence-electron chi connectivity index (χ4n) is 2.67. The SMILES string of the molecule is Cc1c(C(=O)Nc2cc(Br)ccc2-n2cncn2)cnn1-c1ccccn1. The van der Waals surface area contributed by atoms with E-state index in [1.165, 1.54) is 12.5 Å². The molecule has 0 aliphatic carbocycles.